The molecule has 70 valence electrons. The lowest BCUT2D eigenvalue weighted by Gasteiger charge is -2.17. The van der Waals surface area contributed by atoms with Crippen molar-refractivity contribution in [3.63, 3.8) is 0 Å². The van der Waals surface area contributed by atoms with Crippen LogP contribution in [0, 0.1) is 5.92 Å². The van der Waals surface area contributed by atoms with Crippen LogP contribution in [0.15, 0.2) is 43.0 Å². The van der Waals surface area contributed by atoms with E-state index in [9.17, 15) is 5.11 Å². The van der Waals surface area contributed by atoms with Crippen molar-refractivity contribution >= 4 is 0 Å². The van der Waals surface area contributed by atoms with E-state index in [0.29, 0.717) is 0 Å². The highest BCUT2D eigenvalue weighted by Crippen LogP contribution is 2.21. The number of hydrogen-bond acceptors (Lipinski definition) is 2. The summed E-state index contributed by atoms with van der Waals surface area (Å²) in [6, 6.07) is 9.26. The van der Waals surface area contributed by atoms with Crippen molar-refractivity contribution < 1.29 is 10.2 Å². The summed E-state index contributed by atoms with van der Waals surface area (Å²) in [5.74, 6) is -0.289. The molecule has 0 unspecified atom stereocenters. The molecule has 0 spiro atoms. The molecule has 0 heterocycles. The number of aliphatic hydroxyl groups excluding tert-OH is 2. The monoisotopic (exact) mass is 178 g/mol. The largest absolute Gasteiger partial charge is 0.396 e. The molecule has 0 radical (unpaired) electrons. The second-order valence-corrected chi connectivity index (χ2v) is 2.94. The summed E-state index contributed by atoms with van der Waals surface area (Å²) in [6.07, 6.45) is 0.904. The van der Waals surface area contributed by atoms with Crippen molar-refractivity contribution in [1.82, 2.24) is 0 Å². The van der Waals surface area contributed by atoms with Gasteiger partial charge in [-0.1, -0.05) is 36.4 Å². The zero-order valence-corrected chi connectivity index (χ0v) is 7.43. The Morgan fingerprint density at radius 2 is 1.92 bits per heavy atom. The van der Waals surface area contributed by atoms with Gasteiger partial charge in [0, 0.05) is 5.92 Å². The third-order valence-electron chi connectivity index (χ3n) is 2.06. The Kier molecular flexibility index (Phi) is 3.68. The van der Waals surface area contributed by atoms with Crippen molar-refractivity contribution in [2.45, 2.75) is 6.10 Å². The fraction of sp³-hybridized carbons (Fsp3) is 0.273. The van der Waals surface area contributed by atoms with Crippen LogP contribution in [0.1, 0.15) is 11.7 Å². The van der Waals surface area contributed by atoms with Crippen LogP contribution in [0.5, 0.6) is 0 Å². The highest BCUT2D eigenvalue weighted by atomic mass is 16.3. The molecule has 1 rings (SSSR count). The molecule has 0 aromatic heterocycles. The zero-order valence-electron chi connectivity index (χ0n) is 7.43. The topological polar surface area (TPSA) is 40.5 Å². The predicted octanol–water partition coefficient (Wildman–Crippen LogP) is 1.51. The van der Waals surface area contributed by atoms with Crippen molar-refractivity contribution in [2.24, 2.45) is 5.92 Å². The van der Waals surface area contributed by atoms with Crippen molar-refractivity contribution in [3.05, 3.63) is 48.6 Å². The fourth-order valence-electron chi connectivity index (χ4n) is 1.20. The summed E-state index contributed by atoms with van der Waals surface area (Å²) < 4.78 is 0. The van der Waals surface area contributed by atoms with E-state index < -0.39 is 6.10 Å². The zero-order chi connectivity index (χ0) is 9.68. The van der Waals surface area contributed by atoms with Gasteiger partial charge in [-0.3, -0.25) is 0 Å². The minimum Gasteiger partial charge on any atom is -0.396 e. The van der Waals surface area contributed by atoms with E-state index in [4.69, 9.17) is 5.11 Å². The van der Waals surface area contributed by atoms with Crippen LogP contribution in [0.3, 0.4) is 0 Å². The molecule has 0 aliphatic heterocycles. The van der Waals surface area contributed by atoms with Gasteiger partial charge in [0.1, 0.15) is 0 Å². The van der Waals surface area contributed by atoms with Gasteiger partial charge in [0.15, 0.2) is 0 Å². The predicted molar refractivity (Wildman–Crippen MR) is 52.2 cm³/mol. The van der Waals surface area contributed by atoms with Crippen molar-refractivity contribution in [3.8, 4) is 0 Å². The maximum atomic E-state index is 9.75. The SMILES string of the molecule is C=C[C@H](CO)[C@@H](O)c1ccccc1. The Labute approximate surface area is 78.2 Å². The Hall–Kier alpha value is -1.12. The van der Waals surface area contributed by atoms with Crippen LogP contribution >= 0.6 is 0 Å². The summed E-state index contributed by atoms with van der Waals surface area (Å²) in [7, 11) is 0. The molecule has 2 N–H and O–H groups in total. The van der Waals surface area contributed by atoms with Crippen molar-refractivity contribution in [2.75, 3.05) is 6.61 Å². The van der Waals surface area contributed by atoms with Crippen LogP contribution in [0.25, 0.3) is 0 Å². The molecule has 13 heavy (non-hydrogen) atoms. The third-order valence-corrected chi connectivity index (χ3v) is 2.06. The second-order valence-electron chi connectivity index (χ2n) is 2.94. The lowest BCUT2D eigenvalue weighted by Crippen LogP contribution is -2.13. The molecule has 2 heteroatoms. The molecule has 2 nitrogen and oxygen atoms in total. The summed E-state index contributed by atoms with van der Waals surface area (Å²) in [5, 5.41) is 18.7. The molecule has 0 saturated carbocycles. The summed E-state index contributed by atoms with van der Waals surface area (Å²) in [6.45, 7) is 3.47. The third kappa shape index (κ3) is 2.41. The Morgan fingerprint density at radius 1 is 1.31 bits per heavy atom. The average Bonchev–Trinajstić information content (AvgIpc) is 2.21. The number of benzene rings is 1. The highest BCUT2D eigenvalue weighted by molar-refractivity contribution is 5.19. The van der Waals surface area contributed by atoms with Crippen LogP contribution < -0.4 is 0 Å². The van der Waals surface area contributed by atoms with Crippen LogP contribution in [-0.2, 0) is 0 Å². The van der Waals surface area contributed by atoms with Gasteiger partial charge in [-0.2, -0.15) is 0 Å². The molecule has 0 saturated heterocycles. The van der Waals surface area contributed by atoms with Crippen molar-refractivity contribution in [1.29, 1.82) is 0 Å². The molecule has 0 amide bonds. The molecule has 0 bridgehead atoms. The lowest BCUT2D eigenvalue weighted by molar-refractivity contribution is 0.0921. The maximum absolute atomic E-state index is 9.75. The molecule has 0 aliphatic rings. The van der Waals surface area contributed by atoms with Gasteiger partial charge >= 0.3 is 0 Å². The number of hydrogen-bond donors (Lipinski definition) is 2. The number of aliphatic hydroxyl groups is 2. The van der Waals surface area contributed by atoms with E-state index in [-0.39, 0.29) is 12.5 Å². The Bertz CT molecular complexity index is 256. The molecule has 0 fully saturated rings. The first-order chi connectivity index (χ1) is 6.29. The van der Waals surface area contributed by atoms with Crippen LogP contribution in [-0.4, -0.2) is 16.8 Å². The normalized spacial score (nSPS) is 14.9. The molecular weight excluding hydrogens is 164 g/mol. The maximum Gasteiger partial charge on any atom is 0.0874 e. The molecule has 1 aromatic rings. The Morgan fingerprint density at radius 3 is 2.38 bits per heavy atom. The van der Waals surface area contributed by atoms with Crippen LogP contribution in [0.4, 0.5) is 0 Å². The van der Waals surface area contributed by atoms with E-state index in [2.05, 4.69) is 6.58 Å². The van der Waals surface area contributed by atoms with Crippen LogP contribution in [0.2, 0.25) is 0 Å². The fourth-order valence-corrected chi connectivity index (χ4v) is 1.20. The molecular formula is C11H14O2. The van der Waals surface area contributed by atoms with E-state index in [1.54, 1.807) is 6.08 Å². The molecule has 1 aromatic carbocycles. The standard InChI is InChI=1S/C11H14O2/c1-2-9(8-12)11(13)10-6-4-3-5-7-10/h2-7,9,11-13H,1,8H2/t9-,11-/m1/s1. The van der Waals surface area contributed by atoms with E-state index in [1.165, 1.54) is 0 Å². The van der Waals surface area contributed by atoms with Gasteiger partial charge in [0.05, 0.1) is 12.7 Å². The van der Waals surface area contributed by atoms with E-state index >= 15 is 0 Å². The minimum atomic E-state index is -0.663. The van der Waals surface area contributed by atoms with Gasteiger partial charge in [0.25, 0.3) is 0 Å². The Balaban J connectivity index is 2.77. The summed E-state index contributed by atoms with van der Waals surface area (Å²) in [5.41, 5.74) is 0.807. The van der Waals surface area contributed by atoms with E-state index in [0.717, 1.165) is 5.56 Å². The van der Waals surface area contributed by atoms with Gasteiger partial charge < -0.3 is 10.2 Å². The van der Waals surface area contributed by atoms with Gasteiger partial charge in [-0.25, -0.2) is 0 Å². The summed E-state index contributed by atoms with van der Waals surface area (Å²) in [4.78, 5) is 0. The van der Waals surface area contributed by atoms with Gasteiger partial charge in [-0.15, -0.1) is 6.58 Å². The second kappa shape index (κ2) is 4.80. The van der Waals surface area contributed by atoms with Gasteiger partial charge in [-0.05, 0) is 5.56 Å². The molecule has 2 atom stereocenters. The first-order valence-corrected chi connectivity index (χ1v) is 4.26. The molecule has 0 aliphatic carbocycles. The lowest BCUT2D eigenvalue weighted by atomic mass is 9.97. The number of rotatable bonds is 4. The highest BCUT2D eigenvalue weighted by Gasteiger charge is 2.16. The minimum absolute atomic E-state index is 0.0838. The van der Waals surface area contributed by atoms with E-state index in [1.807, 2.05) is 30.3 Å². The smallest absolute Gasteiger partial charge is 0.0874 e. The first-order valence-electron chi connectivity index (χ1n) is 4.26. The quantitative estimate of drug-likeness (QED) is 0.686. The first kappa shape index (κ1) is 9.96. The van der Waals surface area contributed by atoms with Gasteiger partial charge in [0.2, 0.25) is 0 Å². The average molecular weight is 178 g/mol. The summed E-state index contributed by atoms with van der Waals surface area (Å²) >= 11 is 0.